The number of hydrogen-bond donors (Lipinski definition) is 1. The van der Waals surface area contributed by atoms with Gasteiger partial charge in [-0.05, 0) is 99.0 Å². The predicted molar refractivity (Wildman–Crippen MR) is 216 cm³/mol. The van der Waals surface area contributed by atoms with Crippen molar-refractivity contribution in [3.05, 3.63) is 211 Å². The quantitative estimate of drug-likeness (QED) is 0.110. The highest BCUT2D eigenvalue weighted by Crippen LogP contribution is 2.35. The summed E-state index contributed by atoms with van der Waals surface area (Å²) < 4.78 is 0. The third-order valence-corrected chi connectivity index (χ3v) is 8.78. The lowest BCUT2D eigenvalue weighted by Gasteiger charge is -2.16. The average molecular weight is 647 g/mol. The van der Waals surface area contributed by atoms with Gasteiger partial charge >= 0.3 is 0 Å². The zero-order valence-corrected chi connectivity index (χ0v) is 28.8. The van der Waals surface area contributed by atoms with Crippen molar-refractivity contribution in [1.29, 1.82) is 0 Å². The van der Waals surface area contributed by atoms with Gasteiger partial charge in [0.15, 0.2) is 0 Å². The van der Waals surface area contributed by atoms with E-state index in [-0.39, 0.29) is 0 Å². The van der Waals surface area contributed by atoms with Crippen LogP contribution in [0, 0.1) is 0 Å². The summed E-state index contributed by atoms with van der Waals surface area (Å²) in [6, 6.07) is 55.2. The Hall–Kier alpha value is -6.25. The lowest BCUT2D eigenvalue weighted by Crippen LogP contribution is -2.04. The standard InChI is InChI=1S/C48H42N2/c1-4-16-41(31-32-49)45-23-14-15-24-46(45)48(50-36(3)37-17-8-5-9-18-37)33-35(2)44-30-29-43(34-47(44)42-21-12-7-13-22-42)40-27-25-39(26-28-40)38-19-10-6-11-20-38/h5-34H,3-4,49H2,1-2H3/b32-31-,35-33+,41-16+,50-48?. The lowest BCUT2D eigenvalue weighted by atomic mass is 9.89. The Morgan fingerprint density at radius 2 is 1.12 bits per heavy atom. The Kier molecular flexibility index (Phi) is 10.9. The Morgan fingerprint density at radius 3 is 1.74 bits per heavy atom. The first kappa shape index (κ1) is 33.6. The number of aliphatic imine (C=N–C) groups is 1. The molecule has 2 nitrogen and oxygen atoms in total. The van der Waals surface area contributed by atoms with Crippen molar-refractivity contribution in [3.8, 4) is 33.4 Å². The van der Waals surface area contributed by atoms with Crippen LogP contribution in [0.5, 0.6) is 0 Å². The molecule has 0 amide bonds. The van der Waals surface area contributed by atoms with Gasteiger partial charge in [-0.2, -0.15) is 0 Å². The molecule has 2 heteroatoms. The number of nitrogens with two attached hydrogens (primary N) is 1. The molecule has 2 N–H and O–H groups in total. The van der Waals surface area contributed by atoms with Crippen LogP contribution in [0.2, 0.25) is 0 Å². The minimum atomic E-state index is 0.701. The van der Waals surface area contributed by atoms with Crippen LogP contribution in [-0.2, 0) is 0 Å². The molecule has 0 atom stereocenters. The van der Waals surface area contributed by atoms with Crippen molar-refractivity contribution in [1.82, 2.24) is 0 Å². The van der Waals surface area contributed by atoms with Crippen LogP contribution in [0.3, 0.4) is 0 Å². The molecule has 6 rings (SSSR count). The second-order valence-electron chi connectivity index (χ2n) is 12.2. The summed E-state index contributed by atoms with van der Waals surface area (Å²) in [5.74, 6) is 0. The predicted octanol–water partition coefficient (Wildman–Crippen LogP) is 12.5. The van der Waals surface area contributed by atoms with Crippen molar-refractivity contribution in [2.75, 3.05) is 0 Å². The lowest BCUT2D eigenvalue weighted by molar-refractivity contribution is 1.23. The number of hydrogen-bond acceptors (Lipinski definition) is 2. The van der Waals surface area contributed by atoms with Crippen LogP contribution < -0.4 is 5.73 Å². The summed E-state index contributed by atoms with van der Waals surface area (Å²) in [7, 11) is 0. The first-order valence-corrected chi connectivity index (χ1v) is 17.1. The minimum Gasteiger partial charge on any atom is -0.405 e. The molecule has 50 heavy (non-hydrogen) atoms. The summed E-state index contributed by atoms with van der Waals surface area (Å²) >= 11 is 0. The van der Waals surface area contributed by atoms with Crippen LogP contribution in [0.15, 0.2) is 194 Å². The number of nitrogens with zero attached hydrogens (tertiary/aromatic N) is 1. The van der Waals surface area contributed by atoms with E-state index in [4.69, 9.17) is 10.7 Å². The van der Waals surface area contributed by atoms with Gasteiger partial charge in [-0.1, -0.05) is 171 Å². The molecule has 0 saturated heterocycles. The third-order valence-electron chi connectivity index (χ3n) is 8.78. The van der Waals surface area contributed by atoms with Gasteiger partial charge < -0.3 is 5.73 Å². The molecule has 0 spiro atoms. The van der Waals surface area contributed by atoms with Crippen molar-refractivity contribution in [2.24, 2.45) is 10.7 Å². The Morgan fingerprint density at radius 1 is 0.600 bits per heavy atom. The largest absolute Gasteiger partial charge is 0.405 e. The minimum absolute atomic E-state index is 0.701. The van der Waals surface area contributed by atoms with Crippen LogP contribution in [0.1, 0.15) is 42.5 Å². The number of rotatable bonds is 11. The van der Waals surface area contributed by atoms with Crippen molar-refractivity contribution in [2.45, 2.75) is 20.3 Å². The fraction of sp³-hybridized carbons (Fsp3) is 0.0625. The summed E-state index contributed by atoms with van der Waals surface area (Å²) in [4.78, 5) is 5.21. The molecule has 244 valence electrons. The van der Waals surface area contributed by atoms with E-state index in [1.165, 1.54) is 22.3 Å². The Bertz CT molecular complexity index is 2180. The molecule has 6 aromatic carbocycles. The Balaban J connectivity index is 1.48. The highest BCUT2D eigenvalue weighted by atomic mass is 14.8. The van der Waals surface area contributed by atoms with Crippen LogP contribution >= 0.6 is 0 Å². The highest BCUT2D eigenvalue weighted by Gasteiger charge is 2.15. The van der Waals surface area contributed by atoms with E-state index in [1.54, 1.807) is 6.20 Å². The first-order chi connectivity index (χ1) is 24.6. The zero-order valence-electron chi connectivity index (χ0n) is 28.8. The zero-order chi connectivity index (χ0) is 34.7. The fourth-order valence-electron chi connectivity index (χ4n) is 6.25. The van der Waals surface area contributed by atoms with Gasteiger partial charge in [0.1, 0.15) is 0 Å². The summed E-state index contributed by atoms with van der Waals surface area (Å²) in [5.41, 5.74) is 20.9. The van der Waals surface area contributed by atoms with Crippen LogP contribution in [0.4, 0.5) is 0 Å². The van der Waals surface area contributed by atoms with Crippen molar-refractivity contribution >= 4 is 22.6 Å². The fourth-order valence-corrected chi connectivity index (χ4v) is 6.25. The molecule has 0 bridgehead atoms. The van der Waals surface area contributed by atoms with Gasteiger partial charge in [0.25, 0.3) is 0 Å². The van der Waals surface area contributed by atoms with Crippen LogP contribution in [-0.4, -0.2) is 5.71 Å². The van der Waals surface area contributed by atoms with Gasteiger partial charge in [-0.25, -0.2) is 4.99 Å². The second kappa shape index (κ2) is 16.2. The van der Waals surface area contributed by atoms with Gasteiger partial charge in [0.05, 0.1) is 11.4 Å². The second-order valence-corrected chi connectivity index (χ2v) is 12.2. The molecule has 0 unspecified atom stereocenters. The molecule has 6 aromatic rings. The summed E-state index contributed by atoms with van der Waals surface area (Å²) in [5, 5.41) is 0. The maximum atomic E-state index is 5.92. The van der Waals surface area contributed by atoms with Gasteiger partial charge in [0.2, 0.25) is 0 Å². The molecule has 0 heterocycles. The van der Waals surface area contributed by atoms with E-state index in [1.807, 2.05) is 42.5 Å². The molecular formula is C48H42N2. The summed E-state index contributed by atoms with van der Waals surface area (Å²) in [6.45, 7) is 8.69. The number of benzene rings is 6. The van der Waals surface area contributed by atoms with E-state index < -0.39 is 0 Å². The van der Waals surface area contributed by atoms with E-state index in [0.717, 1.165) is 56.7 Å². The normalized spacial score (nSPS) is 12.3. The summed E-state index contributed by atoms with van der Waals surface area (Å²) in [6.07, 6.45) is 8.83. The topological polar surface area (TPSA) is 38.4 Å². The molecule has 0 radical (unpaired) electrons. The maximum absolute atomic E-state index is 5.92. The molecule has 0 fully saturated rings. The van der Waals surface area contributed by atoms with Crippen molar-refractivity contribution in [3.63, 3.8) is 0 Å². The van der Waals surface area contributed by atoms with E-state index in [0.29, 0.717) is 5.70 Å². The van der Waals surface area contributed by atoms with E-state index >= 15 is 0 Å². The van der Waals surface area contributed by atoms with Crippen LogP contribution in [0.25, 0.3) is 50.2 Å². The monoisotopic (exact) mass is 646 g/mol. The molecule has 0 aliphatic rings. The molecule has 0 aliphatic carbocycles. The van der Waals surface area contributed by atoms with Gasteiger partial charge in [0, 0.05) is 5.56 Å². The number of allylic oxidation sites excluding steroid dienone is 5. The Labute approximate surface area is 297 Å². The van der Waals surface area contributed by atoms with E-state index in [9.17, 15) is 0 Å². The molecular weight excluding hydrogens is 605 g/mol. The molecule has 0 saturated carbocycles. The highest BCUT2D eigenvalue weighted by molar-refractivity contribution is 6.16. The SMILES string of the molecule is C=C(N=C(/C=C(\C)c1ccc(-c2ccc(-c3ccccc3)cc2)cc1-c1ccccc1)c1ccccc1C(/C=C\N)=C/CC)c1ccccc1. The smallest absolute Gasteiger partial charge is 0.0718 e. The van der Waals surface area contributed by atoms with E-state index in [2.05, 4.69) is 154 Å². The average Bonchev–Trinajstić information content (AvgIpc) is 3.18. The maximum Gasteiger partial charge on any atom is 0.0718 e. The van der Waals surface area contributed by atoms with Gasteiger partial charge in [-0.15, -0.1) is 0 Å². The third kappa shape index (κ3) is 7.89. The first-order valence-electron chi connectivity index (χ1n) is 17.1. The van der Waals surface area contributed by atoms with Gasteiger partial charge in [-0.3, -0.25) is 0 Å². The molecule has 0 aliphatic heterocycles. The van der Waals surface area contributed by atoms with Crippen molar-refractivity contribution < 1.29 is 0 Å². The molecule has 0 aromatic heterocycles.